The summed E-state index contributed by atoms with van der Waals surface area (Å²) in [6.07, 6.45) is 5.25. The van der Waals surface area contributed by atoms with E-state index in [4.69, 9.17) is 0 Å². The number of hydrogen-bond acceptors (Lipinski definition) is 1. The maximum absolute atomic E-state index is 10.3. The van der Waals surface area contributed by atoms with Crippen LogP contribution in [0.2, 0.25) is 0 Å². The Morgan fingerprint density at radius 3 is 2.85 bits per heavy atom. The van der Waals surface area contributed by atoms with Crippen LogP contribution in [-0.2, 0) is 6.54 Å². The molecule has 2 heteroatoms. The summed E-state index contributed by atoms with van der Waals surface area (Å²) >= 11 is 0. The fourth-order valence-electron chi connectivity index (χ4n) is 3.61. The molecule has 2 N–H and O–H groups in total. The highest BCUT2D eigenvalue weighted by Crippen LogP contribution is 2.26. The topological polar surface area (TPSA) is 24.7 Å². The van der Waals surface area contributed by atoms with Gasteiger partial charge in [-0.05, 0) is 42.5 Å². The first-order valence-corrected chi connectivity index (χ1v) is 7.83. The van der Waals surface area contributed by atoms with Gasteiger partial charge in [-0.1, -0.05) is 37.3 Å². The largest absolute Gasteiger partial charge is 0.507 e. The highest BCUT2D eigenvalue weighted by molar-refractivity contribution is 5.87. The third kappa shape index (κ3) is 2.53. The van der Waals surface area contributed by atoms with Crippen molar-refractivity contribution in [2.75, 3.05) is 6.54 Å². The number of fused-ring (bicyclic) bond motifs is 1. The lowest BCUT2D eigenvalue weighted by Crippen LogP contribution is -3.15. The second kappa shape index (κ2) is 5.84. The summed E-state index contributed by atoms with van der Waals surface area (Å²) in [4.78, 5) is 1.64. The summed E-state index contributed by atoms with van der Waals surface area (Å²) in [5.74, 6) is 0.455. The lowest BCUT2D eigenvalue weighted by Gasteiger charge is -2.32. The number of rotatable bonds is 3. The first-order chi connectivity index (χ1) is 9.79. The maximum atomic E-state index is 10.3. The predicted molar refractivity (Wildman–Crippen MR) is 83.1 cm³/mol. The van der Waals surface area contributed by atoms with Gasteiger partial charge in [0.25, 0.3) is 0 Å². The molecule has 3 rings (SSSR count). The van der Waals surface area contributed by atoms with Crippen LogP contribution in [0, 0.1) is 0 Å². The van der Waals surface area contributed by atoms with Crippen molar-refractivity contribution in [3.05, 3.63) is 42.0 Å². The van der Waals surface area contributed by atoms with Crippen molar-refractivity contribution < 1.29 is 10.0 Å². The highest BCUT2D eigenvalue weighted by Gasteiger charge is 2.25. The molecule has 2 atom stereocenters. The van der Waals surface area contributed by atoms with E-state index in [0.717, 1.165) is 18.2 Å². The van der Waals surface area contributed by atoms with Crippen LogP contribution in [0.3, 0.4) is 0 Å². The normalized spacial score (nSPS) is 23.1. The molecule has 0 amide bonds. The van der Waals surface area contributed by atoms with E-state index >= 15 is 0 Å². The Balaban J connectivity index is 1.95. The smallest absolute Gasteiger partial charge is 0.125 e. The van der Waals surface area contributed by atoms with Gasteiger partial charge in [-0.3, -0.25) is 0 Å². The van der Waals surface area contributed by atoms with Gasteiger partial charge in [0, 0.05) is 0 Å². The zero-order chi connectivity index (χ0) is 13.9. The van der Waals surface area contributed by atoms with Crippen molar-refractivity contribution in [1.29, 1.82) is 0 Å². The summed E-state index contributed by atoms with van der Waals surface area (Å²) in [5.41, 5.74) is 1.12. The Morgan fingerprint density at radius 1 is 1.15 bits per heavy atom. The molecule has 0 aliphatic carbocycles. The quantitative estimate of drug-likeness (QED) is 0.880. The third-order valence-corrected chi connectivity index (χ3v) is 4.79. The molecule has 0 radical (unpaired) electrons. The highest BCUT2D eigenvalue weighted by atomic mass is 16.3. The Labute approximate surface area is 121 Å². The first kappa shape index (κ1) is 13.4. The summed E-state index contributed by atoms with van der Waals surface area (Å²) in [5, 5.41) is 12.7. The number of phenols is 1. The average Bonchev–Trinajstić information content (AvgIpc) is 2.50. The molecule has 1 aliphatic rings. The van der Waals surface area contributed by atoms with Crippen LogP contribution in [0.5, 0.6) is 5.75 Å². The molecule has 1 fully saturated rings. The molecule has 1 aliphatic heterocycles. The fourth-order valence-corrected chi connectivity index (χ4v) is 3.61. The Hall–Kier alpha value is -1.54. The zero-order valence-corrected chi connectivity index (χ0v) is 12.2. The molecular formula is C18H24NO+. The molecule has 0 spiro atoms. The van der Waals surface area contributed by atoms with E-state index in [2.05, 4.69) is 31.2 Å². The van der Waals surface area contributed by atoms with Crippen molar-refractivity contribution in [3.63, 3.8) is 0 Å². The van der Waals surface area contributed by atoms with Gasteiger partial charge in [0.15, 0.2) is 0 Å². The molecule has 0 saturated carbocycles. The lowest BCUT2D eigenvalue weighted by atomic mass is 9.97. The van der Waals surface area contributed by atoms with E-state index in [1.807, 2.05) is 12.1 Å². The van der Waals surface area contributed by atoms with E-state index in [1.54, 1.807) is 4.90 Å². The van der Waals surface area contributed by atoms with Crippen LogP contribution in [0.25, 0.3) is 10.8 Å². The van der Waals surface area contributed by atoms with Crippen LogP contribution < -0.4 is 4.90 Å². The number of aromatic hydroxyl groups is 1. The molecule has 2 aromatic carbocycles. The fraction of sp³-hybridized carbons (Fsp3) is 0.444. The molecule has 2 nitrogen and oxygen atoms in total. The van der Waals surface area contributed by atoms with Crippen LogP contribution in [0.1, 0.15) is 38.2 Å². The minimum absolute atomic E-state index is 0.455. The Kier molecular flexibility index (Phi) is 3.93. The van der Waals surface area contributed by atoms with E-state index in [-0.39, 0.29) is 0 Å². The number of nitrogens with one attached hydrogen (secondary N) is 1. The number of phenolic OH excluding ortho intramolecular Hbond substituents is 1. The second-order valence-corrected chi connectivity index (χ2v) is 5.97. The summed E-state index contributed by atoms with van der Waals surface area (Å²) in [6.45, 7) is 4.48. The van der Waals surface area contributed by atoms with Crippen molar-refractivity contribution in [3.8, 4) is 5.75 Å². The standard InChI is InChI=1S/C18H23NO/c1-2-15-8-5-6-12-19(15)13-17-16-9-4-3-7-14(16)10-11-18(17)20/h3-4,7,9-11,15,20H,2,5-6,8,12-13H2,1H3/p+1/t15-/m0/s1. The summed E-state index contributed by atoms with van der Waals surface area (Å²) in [6, 6.07) is 13.0. The van der Waals surface area contributed by atoms with Gasteiger partial charge in [-0.2, -0.15) is 0 Å². The molecule has 1 saturated heterocycles. The molecular weight excluding hydrogens is 246 g/mol. The van der Waals surface area contributed by atoms with Gasteiger partial charge in [0.2, 0.25) is 0 Å². The molecule has 1 unspecified atom stereocenters. The van der Waals surface area contributed by atoms with E-state index in [0.29, 0.717) is 5.75 Å². The zero-order valence-electron chi connectivity index (χ0n) is 12.2. The second-order valence-electron chi connectivity index (χ2n) is 5.97. The van der Waals surface area contributed by atoms with Crippen LogP contribution >= 0.6 is 0 Å². The number of hydrogen-bond donors (Lipinski definition) is 2. The van der Waals surface area contributed by atoms with E-state index in [9.17, 15) is 5.11 Å². The molecule has 2 aromatic rings. The molecule has 20 heavy (non-hydrogen) atoms. The monoisotopic (exact) mass is 270 g/mol. The van der Waals surface area contributed by atoms with Gasteiger partial charge >= 0.3 is 0 Å². The van der Waals surface area contributed by atoms with Crippen molar-refractivity contribution in [2.45, 2.75) is 45.2 Å². The van der Waals surface area contributed by atoms with Crippen molar-refractivity contribution in [2.24, 2.45) is 0 Å². The van der Waals surface area contributed by atoms with Crippen molar-refractivity contribution in [1.82, 2.24) is 0 Å². The van der Waals surface area contributed by atoms with Gasteiger partial charge in [-0.25, -0.2) is 0 Å². The Morgan fingerprint density at radius 2 is 2.00 bits per heavy atom. The lowest BCUT2D eigenvalue weighted by molar-refractivity contribution is -0.943. The molecule has 0 aromatic heterocycles. The Bertz CT molecular complexity index is 593. The van der Waals surface area contributed by atoms with Gasteiger partial charge in [-0.15, -0.1) is 0 Å². The first-order valence-electron chi connectivity index (χ1n) is 7.83. The number of quaternary nitrogens is 1. The SMILES string of the molecule is CC[C@H]1CCCC[NH+]1Cc1c(O)ccc2ccccc12. The van der Waals surface area contributed by atoms with E-state index in [1.165, 1.54) is 43.0 Å². The van der Waals surface area contributed by atoms with Crippen LogP contribution in [-0.4, -0.2) is 17.7 Å². The summed E-state index contributed by atoms with van der Waals surface area (Å²) in [7, 11) is 0. The van der Waals surface area contributed by atoms with Crippen LogP contribution in [0.15, 0.2) is 36.4 Å². The maximum Gasteiger partial charge on any atom is 0.125 e. The van der Waals surface area contributed by atoms with Crippen molar-refractivity contribution >= 4 is 10.8 Å². The molecule has 1 heterocycles. The van der Waals surface area contributed by atoms with Gasteiger partial charge in [0.05, 0.1) is 18.2 Å². The number of benzene rings is 2. The van der Waals surface area contributed by atoms with Gasteiger partial charge < -0.3 is 10.0 Å². The number of likely N-dealkylation sites (tertiary alicyclic amines) is 1. The average molecular weight is 270 g/mol. The summed E-state index contributed by atoms with van der Waals surface area (Å²) < 4.78 is 0. The minimum atomic E-state index is 0.455. The predicted octanol–water partition coefficient (Wildman–Crippen LogP) is 2.89. The number of piperidine rings is 1. The minimum Gasteiger partial charge on any atom is -0.507 e. The third-order valence-electron chi connectivity index (χ3n) is 4.79. The molecule has 106 valence electrons. The van der Waals surface area contributed by atoms with E-state index < -0.39 is 0 Å². The van der Waals surface area contributed by atoms with Crippen LogP contribution in [0.4, 0.5) is 0 Å². The molecule has 0 bridgehead atoms. The van der Waals surface area contributed by atoms with Gasteiger partial charge in [0.1, 0.15) is 12.3 Å².